The van der Waals surface area contributed by atoms with Gasteiger partial charge < -0.3 is 14.9 Å². The Morgan fingerprint density at radius 1 is 1.06 bits per heavy atom. The summed E-state index contributed by atoms with van der Waals surface area (Å²) < 4.78 is 0. The maximum absolute atomic E-state index is 9.66. The number of piperidine rings is 1. The number of likely N-dealkylation sites (tertiary alicyclic amines) is 2. The third-order valence-corrected chi connectivity index (χ3v) is 4.36. The maximum Gasteiger partial charge on any atom is 0.0664 e. The number of aliphatic hydroxyl groups is 1. The van der Waals surface area contributed by atoms with Gasteiger partial charge in [0.25, 0.3) is 0 Å². The van der Waals surface area contributed by atoms with Gasteiger partial charge in [0.05, 0.1) is 6.10 Å². The standard InChI is InChI=1S/C14H28N2O/c1-2-14(17)12-16-9-5-13(6-10-16)11-15-7-3-4-8-15/h13-14,17H,2-12H2,1H3. The van der Waals surface area contributed by atoms with Crippen LogP contribution in [0.4, 0.5) is 0 Å². The molecule has 100 valence electrons. The molecular formula is C14H28N2O. The summed E-state index contributed by atoms with van der Waals surface area (Å²) in [6.45, 7) is 9.30. The molecule has 0 aromatic carbocycles. The van der Waals surface area contributed by atoms with Crippen LogP contribution in [0.3, 0.4) is 0 Å². The Kier molecular flexibility index (Phi) is 5.26. The maximum atomic E-state index is 9.66. The minimum atomic E-state index is -0.120. The Hall–Kier alpha value is -0.120. The third kappa shape index (κ3) is 4.23. The molecule has 2 fully saturated rings. The van der Waals surface area contributed by atoms with Gasteiger partial charge >= 0.3 is 0 Å². The molecule has 0 amide bonds. The second-order valence-electron chi connectivity index (χ2n) is 5.81. The zero-order valence-corrected chi connectivity index (χ0v) is 11.3. The summed E-state index contributed by atoms with van der Waals surface area (Å²) in [7, 11) is 0. The van der Waals surface area contributed by atoms with Gasteiger partial charge in [0, 0.05) is 13.1 Å². The molecule has 2 aliphatic rings. The van der Waals surface area contributed by atoms with Crippen molar-refractivity contribution >= 4 is 0 Å². The molecule has 1 N–H and O–H groups in total. The van der Waals surface area contributed by atoms with Gasteiger partial charge in [0.1, 0.15) is 0 Å². The number of rotatable bonds is 5. The third-order valence-electron chi connectivity index (χ3n) is 4.36. The molecule has 0 spiro atoms. The van der Waals surface area contributed by atoms with E-state index in [-0.39, 0.29) is 6.10 Å². The van der Waals surface area contributed by atoms with Crippen molar-refractivity contribution < 1.29 is 5.11 Å². The molecule has 2 saturated heterocycles. The van der Waals surface area contributed by atoms with Gasteiger partial charge in [0.15, 0.2) is 0 Å². The summed E-state index contributed by atoms with van der Waals surface area (Å²) >= 11 is 0. The van der Waals surface area contributed by atoms with Gasteiger partial charge in [0.2, 0.25) is 0 Å². The zero-order chi connectivity index (χ0) is 12.1. The second-order valence-corrected chi connectivity index (χ2v) is 5.81. The van der Waals surface area contributed by atoms with Crippen molar-refractivity contribution in [2.75, 3.05) is 39.3 Å². The van der Waals surface area contributed by atoms with Gasteiger partial charge in [-0.1, -0.05) is 6.92 Å². The number of aliphatic hydroxyl groups excluding tert-OH is 1. The molecule has 0 aromatic rings. The van der Waals surface area contributed by atoms with E-state index in [9.17, 15) is 5.11 Å². The van der Waals surface area contributed by atoms with Crippen LogP contribution in [0.1, 0.15) is 39.0 Å². The summed E-state index contributed by atoms with van der Waals surface area (Å²) in [5, 5.41) is 9.66. The molecule has 2 heterocycles. The van der Waals surface area contributed by atoms with Crippen molar-refractivity contribution in [2.24, 2.45) is 5.92 Å². The SMILES string of the molecule is CCC(O)CN1CCC(CN2CCCC2)CC1. The number of hydrogen-bond acceptors (Lipinski definition) is 3. The first-order valence-electron chi connectivity index (χ1n) is 7.40. The number of hydrogen-bond donors (Lipinski definition) is 1. The molecule has 3 heteroatoms. The second kappa shape index (κ2) is 6.72. The largest absolute Gasteiger partial charge is 0.392 e. The van der Waals surface area contributed by atoms with Gasteiger partial charge in [-0.3, -0.25) is 0 Å². The number of β-amino-alcohol motifs (C(OH)–C–C–N with tert-alkyl or cyclic N) is 1. The van der Waals surface area contributed by atoms with Crippen LogP contribution in [0, 0.1) is 5.92 Å². The average molecular weight is 240 g/mol. The van der Waals surface area contributed by atoms with Crippen LogP contribution in [-0.4, -0.2) is 60.3 Å². The van der Waals surface area contributed by atoms with Crippen LogP contribution < -0.4 is 0 Å². The molecule has 1 unspecified atom stereocenters. The minimum Gasteiger partial charge on any atom is -0.392 e. The van der Waals surface area contributed by atoms with Crippen LogP contribution >= 0.6 is 0 Å². The predicted octanol–water partition coefficient (Wildman–Crippen LogP) is 1.57. The molecule has 17 heavy (non-hydrogen) atoms. The van der Waals surface area contributed by atoms with E-state index in [1.165, 1.54) is 58.4 Å². The summed E-state index contributed by atoms with van der Waals surface area (Å²) in [6, 6.07) is 0. The first-order valence-corrected chi connectivity index (χ1v) is 7.40. The van der Waals surface area contributed by atoms with Crippen molar-refractivity contribution in [3.8, 4) is 0 Å². The normalized spacial score (nSPS) is 26.5. The fourth-order valence-electron chi connectivity index (χ4n) is 3.11. The Balaban J connectivity index is 1.63. The highest BCUT2D eigenvalue weighted by Crippen LogP contribution is 2.20. The molecule has 1 atom stereocenters. The summed E-state index contributed by atoms with van der Waals surface area (Å²) in [5.74, 6) is 0.906. The smallest absolute Gasteiger partial charge is 0.0664 e. The van der Waals surface area contributed by atoms with Crippen LogP contribution in [0.5, 0.6) is 0 Å². The number of nitrogens with zero attached hydrogens (tertiary/aromatic N) is 2. The van der Waals surface area contributed by atoms with Gasteiger partial charge in [-0.2, -0.15) is 0 Å². The lowest BCUT2D eigenvalue weighted by atomic mass is 9.96. The molecule has 0 saturated carbocycles. The van der Waals surface area contributed by atoms with Crippen molar-refractivity contribution in [1.82, 2.24) is 9.80 Å². The van der Waals surface area contributed by atoms with Crippen LogP contribution in [-0.2, 0) is 0 Å². The van der Waals surface area contributed by atoms with E-state index >= 15 is 0 Å². The minimum absolute atomic E-state index is 0.120. The van der Waals surface area contributed by atoms with E-state index in [2.05, 4.69) is 16.7 Å². The van der Waals surface area contributed by atoms with E-state index < -0.39 is 0 Å². The average Bonchev–Trinajstić information content (AvgIpc) is 2.84. The summed E-state index contributed by atoms with van der Waals surface area (Å²) in [5.41, 5.74) is 0. The lowest BCUT2D eigenvalue weighted by Crippen LogP contribution is -2.41. The highest BCUT2D eigenvalue weighted by atomic mass is 16.3. The molecule has 0 bridgehead atoms. The van der Waals surface area contributed by atoms with Gasteiger partial charge in [-0.25, -0.2) is 0 Å². The van der Waals surface area contributed by atoms with E-state index in [4.69, 9.17) is 0 Å². The predicted molar refractivity (Wildman–Crippen MR) is 71.1 cm³/mol. The van der Waals surface area contributed by atoms with E-state index in [0.29, 0.717) is 0 Å². The van der Waals surface area contributed by atoms with Crippen LogP contribution in [0.25, 0.3) is 0 Å². The Labute approximate surface area is 106 Å². The monoisotopic (exact) mass is 240 g/mol. The zero-order valence-electron chi connectivity index (χ0n) is 11.3. The fraction of sp³-hybridized carbons (Fsp3) is 1.00. The Morgan fingerprint density at radius 2 is 1.71 bits per heavy atom. The quantitative estimate of drug-likeness (QED) is 0.790. The molecule has 0 radical (unpaired) electrons. The van der Waals surface area contributed by atoms with E-state index in [0.717, 1.165) is 18.9 Å². The van der Waals surface area contributed by atoms with E-state index in [1.807, 2.05) is 0 Å². The Morgan fingerprint density at radius 3 is 2.29 bits per heavy atom. The first kappa shape index (κ1) is 13.3. The topological polar surface area (TPSA) is 26.7 Å². The highest BCUT2D eigenvalue weighted by Gasteiger charge is 2.23. The molecule has 3 nitrogen and oxygen atoms in total. The van der Waals surface area contributed by atoms with E-state index in [1.54, 1.807) is 0 Å². The van der Waals surface area contributed by atoms with Crippen LogP contribution in [0.2, 0.25) is 0 Å². The molecule has 0 aliphatic carbocycles. The molecule has 2 rings (SSSR count). The van der Waals surface area contributed by atoms with Crippen molar-refractivity contribution in [1.29, 1.82) is 0 Å². The van der Waals surface area contributed by atoms with Crippen molar-refractivity contribution in [3.63, 3.8) is 0 Å². The first-order chi connectivity index (χ1) is 8.28. The fourth-order valence-corrected chi connectivity index (χ4v) is 3.11. The lowest BCUT2D eigenvalue weighted by Gasteiger charge is -2.34. The molecule has 0 aromatic heterocycles. The summed E-state index contributed by atoms with van der Waals surface area (Å²) in [4.78, 5) is 5.08. The lowest BCUT2D eigenvalue weighted by molar-refractivity contribution is 0.0810. The Bertz CT molecular complexity index is 208. The highest BCUT2D eigenvalue weighted by molar-refractivity contribution is 4.78. The van der Waals surface area contributed by atoms with Gasteiger partial charge in [-0.15, -0.1) is 0 Å². The molecular weight excluding hydrogens is 212 g/mol. The van der Waals surface area contributed by atoms with Gasteiger partial charge in [-0.05, 0) is 64.2 Å². The molecule has 2 aliphatic heterocycles. The summed E-state index contributed by atoms with van der Waals surface area (Å²) in [6.07, 6.45) is 6.22. The van der Waals surface area contributed by atoms with Crippen molar-refractivity contribution in [3.05, 3.63) is 0 Å². The van der Waals surface area contributed by atoms with Crippen molar-refractivity contribution in [2.45, 2.75) is 45.1 Å². The van der Waals surface area contributed by atoms with Crippen LogP contribution in [0.15, 0.2) is 0 Å².